The first-order valence-corrected chi connectivity index (χ1v) is 7.97. The Morgan fingerprint density at radius 3 is 2.70 bits per heavy atom. The van der Waals surface area contributed by atoms with E-state index in [2.05, 4.69) is 11.4 Å². The van der Waals surface area contributed by atoms with Gasteiger partial charge in [-0.15, -0.1) is 11.3 Å². The first-order chi connectivity index (χ1) is 9.54. The summed E-state index contributed by atoms with van der Waals surface area (Å²) in [6.45, 7) is 3.83. The monoisotopic (exact) mass is 291 g/mol. The van der Waals surface area contributed by atoms with Gasteiger partial charge in [-0.25, -0.2) is 0 Å². The van der Waals surface area contributed by atoms with Gasteiger partial charge in [0.1, 0.15) is 11.1 Å². The average molecular weight is 291 g/mol. The molecule has 1 heterocycles. The summed E-state index contributed by atoms with van der Waals surface area (Å²) in [4.78, 5) is 13.3. The third-order valence-electron chi connectivity index (χ3n) is 3.79. The van der Waals surface area contributed by atoms with Crippen LogP contribution in [0.3, 0.4) is 0 Å². The normalized spacial score (nSPS) is 16.1. The van der Waals surface area contributed by atoms with Gasteiger partial charge in [-0.3, -0.25) is 4.79 Å². The quantitative estimate of drug-likeness (QED) is 0.840. The van der Waals surface area contributed by atoms with Crippen molar-refractivity contribution >= 4 is 22.2 Å². The first kappa shape index (κ1) is 15.0. The van der Waals surface area contributed by atoms with Crippen LogP contribution in [-0.4, -0.2) is 11.9 Å². The van der Waals surface area contributed by atoms with Crippen molar-refractivity contribution < 1.29 is 4.79 Å². The second-order valence-corrected chi connectivity index (χ2v) is 6.74. The molecular formula is C15H21N3OS. The molecule has 0 spiro atoms. The van der Waals surface area contributed by atoms with Crippen LogP contribution in [0.25, 0.3) is 0 Å². The Morgan fingerprint density at radius 1 is 1.35 bits per heavy atom. The van der Waals surface area contributed by atoms with E-state index in [4.69, 9.17) is 5.73 Å². The molecule has 1 aliphatic carbocycles. The summed E-state index contributed by atoms with van der Waals surface area (Å²) in [7, 11) is 0. The Kier molecular flexibility index (Phi) is 4.79. The van der Waals surface area contributed by atoms with Crippen LogP contribution in [0.1, 0.15) is 49.1 Å². The lowest BCUT2D eigenvalue weighted by Gasteiger charge is -2.14. The van der Waals surface area contributed by atoms with E-state index in [1.54, 1.807) is 11.3 Å². The van der Waals surface area contributed by atoms with E-state index in [9.17, 15) is 10.1 Å². The third kappa shape index (κ3) is 3.02. The minimum Gasteiger partial charge on any atom is -0.320 e. The van der Waals surface area contributed by atoms with E-state index in [0.29, 0.717) is 10.6 Å². The molecule has 1 aromatic rings. The summed E-state index contributed by atoms with van der Waals surface area (Å²) >= 11 is 1.55. The third-order valence-corrected chi connectivity index (χ3v) is 5.00. The first-order valence-electron chi connectivity index (χ1n) is 7.15. The molecule has 0 saturated heterocycles. The second-order valence-electron chi connectivity index (χ2n) is 5.64. The smallest absolute Gasteiger partial charge is 0.242 e. The SMILES string of the molecule is CC(C)[C@@H](N)C(=O)Nc1sc2c(c1C#N)CCCCC2. The zero-order chi connectivity index (χ0) is 14.7. The average Bonchev–Trinajstić information content (AvgIpc) is 2.59. The number of fused-ring (bicyclic) bond motifs is 1. The fraction of sp³-hybridized carbons (Fsp3) is 0.600. The van der Waals surface area contributed by atoms with E-state index in [0.717, 1.165) is 31.2 Å². The molecule has 0 aliphatic heterocycles. The second kappa shape index (κ2) is 6.38. The van der Waals surface area contributed by atoms with Crippen molar-refractivity contribution in [2.45, 2.75) is 52.0 Å². The van der Waals surface area contributed by atoms with Gasteiger partial charge in [0.25, 0.3) is 0 Å². The molecule has 0 saturated carbocycles. The topological polar surface area (TPSA) is 78.9 Å². The summed E-state index contributed by atoms with van der Waals surface area (Å²) in [6.07, 6.45) is 5.46. The molecule has 1 amide bonds. The van der Waals surface area contributed by atoms with E-state index in [1.165, 1.54) is 11.3 Å². The van der Waals surface area contributed by atoms with Gasteiger partial charge in [-0.05, 0) is 37.2 Å². The van der Waals surface area contributed by atoms with Crippen molar-refractivity contribution in [1.82, 2.24) is 0 Å². The Balaban J connectivity index is 2.25. The lowest BCUT2D eigenvalue weighted by molar-refractivity contribution is -0.118. The van der Waals surface area contributed by atoms with Crippen LogP contribution in [0.15, 0.2) is 0 Å². The molecule has 0 bridgehead atoms. The van der Waals surface area contributed by atoms with Crippen LogP contribution in [0.2, 0.25) is 0 Å². The van der Waals surface area contributed by atoms with Crippen LogP contribution >= 0.6 is 11.3 Å². The number of amides is 1. The zero-order valence-electron chi connectivity index (χ0n) is 12.0. The van der Waals surface area contributed by atoms with Crippen LogP contribution in [0.5, 0.6) is 0 Å². The summed E-state index contributed by atoms with van der Waals surface area (Å²) in [6, 6.07) is 1.72. The molecule has 3 N–H and O–H groups in total. The zero-order valence-corrected chi connectivity index (χ0v) is 12.8. The number of nitrogens with one attached hydrogen (secondary N) is 1. The number of carbonyl (C=O) groups excluding carboxylic acids is 1. The molecule has 2 rings (SSSR count). The molecular weight excluding hydrogens is 270 g/mol. The van der Waals surface area contributed by atoms with Crippen LogP contribution in [-0.2, 0) is 17.6 Å². The van der Waals surface area contributed by atoms with E-state index in [-0.39, 0.29) is 11.8 Å². The molecule has 0 radical (unpaired) electrons. The summed E-state index contributed by atoms with van der Waals surface area (Å²) < 4.78 is 0. The largest absolute Gasteiger partial charge is 0.320 e. The Labute approximate surface area is 124 Å². The van der Waals surface area contributed by atoms with Crippen molar-refractivity contribution in [2.24, 2.45) is 11.7 Å². The summed E-state index contributed by atoms with van der Waals surface area (Å²) in [5.41, 5.74) is 7.65. The Bertz CT molecular complexity index is 542. The molecule has 1 aliphatic rings. The minimum atomic E-state index is -0.538. The number of rotatable bonds is 3. The van der Waals surface area contributed by atoms with Gasteiger partial charge in [0, 0.05) is 4.88 Å². The number of hydrogen-bond acceptors (Lipinski definition) is 4. The van der Waals surface area contributed by atoms with E-state index < -0.39 is 6.04 Å². The van der Waals surface area contributed by atoms with Gasteiger partial charge in [0.05, 0.1) is 11.6 Å². The number of thiophene rings is 1. The minimum absolute atomic E-state index is 0.0818. The maximum atomic E-state index is 12.1. The molecule has 4 nitrogen and oxygen atoms in total. The predicted octanol–water partition coefficient (Wildman–Crippen LogP) is 2.81. The number of nitriles is 1. The molecule has 0 fully saturated rings. The summed E-state index contributed by atoms with van der Waals surface area (Å²) in [5.74, 6) is -0.119. The van der Waals surface area contributed by atoms with E-state index >= 15 is 0 Å². The fourth-order valence-electron chi connectivity index (χ4n) is 2.45. The van der Waals surface area contributed by atoms with Crippen molar-refractivity contribution in [1.29, 1.82) is 5.26 Å². The molecule has 5 heteroatoms. The number of hydrogen-bond donors (Lipinski definition) is 2. The van der Waals surface area contributed by atoms with Gasteiger partial charge in [-0.1, -0.05) is 20.3 Å². The van der Waals surface area contributed by atoms with Crippen molar-refractivity contribution in [3.05, 3.63) is 16.0 Å². The maximum absolute atomic E-state index is 12.1. The molecule has 0 unspecified atom stereocenters. The highest BCUT2D eigenvalue weighted by molar-refractivity contribution is 7.16. The van der Waals surface area contributed by atoms with Gasteiger partial charge in [-0.2, -0.15) is 5.26 Å². The maximum Gasteiger partial charge on any atom is 0.242 e. The Morgan fingerprint density at radius 2 is 2.05 bits per heavy atom. The number of aryl methyl sites for hydroxylation is 1. The van der Waals surface area contributed by atoms with Gasteiger partial charge in [0.2, 0.25) is 5.91 Å². The number of nitrogens with zero attached hydrogens (tertiary/aromatic N) is 1. The highest BCUT2D eigenvalue weighted by Crippen LogP contribution is 2.37. The van der Waals surface area contributed by atoms with E-state index in [1.807, 2.05) is 13.8 Å². The lowest BCUT2D eigenvalue weighted by Crippen LogP contribution is -2.39. The van der Waals surface area contributed by atoms with Crippen molar-refractivity contribution in [3.63, 3.8) is 0 Å². The Hall–Kier alpha value is -1.38. The van der Waals surface area contributed by atoms with Crippen LogP contribution in [0.4, 0.5) is 5.00 Å². The van der Waals surface area contributed by atoms with Crippen molar-refractivity contribution in [2.75, 3.05) is 5.32 Å². The highest BCUT2D eigenvalue weighted by atomic mass is 32.1. The molecule has 20 heavy (non-hydrogen) atoms. The number of nitrogens with two attached hydrogens (primary N) is 1. The van der Waals surface area contributed by atoms with Gasteiger partial charge < -0.3 is 11.1 Å². The van der Waals surface area contributed by atoms with Gasteiger partial charge in [0.15, 0.2) is 0 Å². The lowest BCUT2D eigenvalue weighted by atomic mass is 10.0. The van der Waals surface area contributed by atoms with Crippen LogP contribution < -0.4 is 11.1 Å². The van der Waals surface area contributed by atoms with Crippen molar-refractivity contribution in [3.8, 4) is 6.07 Å². The molecule has 0 aromatic carbocycles. The van der Waals surface area contributed by atoms with Gasteiger partial charge >= 0.3 is 0 Å². The molecule has 1 aromatic heterocycles. The molecule has 1 atom stereocenters. The molecule has 108 valence electrons. The predicted molar refractivity (Wildman–Crippen MR) is 81.7 cm³/mol. The van der Waals surface area contributed by atoms with Crippen LogP contribution in [0, 0.1) is 17.2 Å². The highest BCUT2D eigenvalue weighted by Gasteiger charge is 2.23. The standard InChI is InChI=1S/C15H21N3OS/c1-9(2)13(17)14(19)18-15-11(8-16)10-6-4-3-5-7-12(10)20-15/h9,13H,3-7,17H2,1-2H3,(H,18,19)/t13-/m1/s1. The summed E-state index contributed by atoms with van der Waals surface area (Å²) in [5, 5.41) is 12.9. The fourth-order valence-corrected chi connectivity index (χ4v) is 3.69. The number of carbonyl (C=O) groups is 1. The number of anilines is 1.